The minimum absolute atomic E-state index is 0.0772. The maximum absolute atomic E-state index is 12.9. The zero-order valence-corrected chi connectivity index (χ0v) is 18.4. The molecule has 0 aliphatic carbocycles. The highest BCUT2D eigenvalue weighted by Crippen LogP contribution is 2.29. The lowest BCUT2D eigenvalue weighted by atomic mass is 10.2. The van der Waals surface area contributed by atoms with E-state index in [0.717, 1.165) is 25.2 Å². The van der Waals surface area contributed by atoms with Gasteiger partial charge < -0.3 is 14.2 Å². The van der Waals surface area contributed by atoms with Crippen LogP contribution in [-0.2, 0) is 6.42 Å². The van der Waals surface area contributed by atoms with Crippen molar-refractivity contribution in [3.63, 3.8) is 0 Å². The molecule has 0 saturated carbocycles. The Morgan fingerprint density at radius 2 is 1.78 bits per heavy atom. The Bertz CT molecular complexity index is 1060. The first-order chi connectivity index (χ1) is 15.7. The molecule has 0 amide bonds. The molecule has 7 nitrogen and oxygen atoms in total. The number of methoxy groups -OCH3 is 1. The monoisotopic (exact) mass is 435 g/mol. The molecule has 0 N–H and O–H groups in total. The molecule has 7 heteroatoms. The van der Waals surface area contributed by atoms with Gasteiger partial charge in [-0.3, -0.25) is 14.3 Å². The molecule has 1 fully saturated rings. The first kappa shape index (κ1) is 21.9. The fourth-order valence-corrected chi connectivity index (χ4v) is 3.82. The van der Waals surface area contributed by atoms with E-state index in [0.29, 0.717) is 36.8 Å². The van der Waals surface area contributed by atoms with Crippen LogP contribution in [0.25, 0.3) is 5.69 Å². The van der Waals surface area contributed by atoms with Gasteiger partial charge in [-0.25, -0.2) is 4.98 Å². The Labute approximate surface area is 188 Å². The van der Waals surface area contributed by atoms with E-state index in [-0.39, 0.29) is 11.4 Å². The highest BCUT2D eigenvalue weighted by molar-refractivity contribution is 5.49. The third-order valence-electron chi connectivity index (χ3n) is 5.57. The molecule has 32 heavy (non-hydrogen) atoms. The van der Waals surface area contributed by atoms with E-state index in [2.05, 4.69) is 9.88 Å². The predicted octanol–water partition coefficient (Wildman–Crippen LogP) is 3.34. The molecular formula is C25H29N3O4. The predicted molar refractivity (Wildman–Crippen MR) is 123 cm³/mol. The van der Waals surface area contributed by atoms with Gasteiger partial charge in [-0.2, -0.15) is 0 Å². The van der Waals surface area contributed by atoms with Crippen molar-refractivity contribution in [2.75, 3.05) is 40.0 Å². The topological polar surface area (TPSA) is 65.8 Å². The number of benzene rings is 2. The van der Waals surface area contributed by atoms with Gasteiger partial charge in [0.1, 0.15) is 6.61 Å². The van der Waals surface area contributed by atoms with Gasteiger partial charge >= 0.3 is 5.56 Å². The van der Waals surface area contributed by atoms with Crippen molar-refractivity contribution in [3.05, 3.63) is 76.8 Å². The first-order valence-electron chi connectivity index (χ1n) is 11.0. The van der Waals surface area contributed by atoms with E-state index >= 15 is 0 Å². The minimum Gasteiger partial charge on any atom is -0.493 e. The summed E-state index contributed by atoms with van der Waals surface area (Å²) >= 11 is 0. The Morgan fingerprint density at radius 1 is 0.969 bits per heavy atom. The lowest BCUT2D eigenvalue weighted by Crippen LogP contribution is -2.25. The van der Waals surface area contributed by atoms with Crippen LogP contribution in [0.3, 0.4) is 0 Å². The lowest BCUT2D eigenvalue weighted by Gasteiger charge is -2.17. The number of nitrogens with zero attached hydrogens (tertiary/aromatic N) is 3. The van der Waals surface area contributed by atoms with Gasteiger partial charge in [-0.05, 0) is 43.6 Å². The van der Waals surface area contributed by atoms with Crippen molar-refractivity contribution in [1.29, 1.82) is 0 Å². The number of rotatable bonds is 10. The van der Waals surface area contributed by atoms with Crippen LogP contribution in [0.4, 0.5) is 0 Å². The number of ether oxygens (including phenoxy) is 3. The molecule has 1 aliphatic heterocycles. The summed E-state index contributed by atoms with van der Waals surface area (Å²) in [5.41, 5.74) is 1.49. The molecule has 2 heterocycles. The molecule has 4 rings (SSSR count). The van der Waals surface area contributed by atoms with Crippen LogP contribution in [0, 0.1) is 0 Å². The summed E-state index contributed by atoms with van der Waals surface area (Å²) < 4.78 is 18.6. The molecule has 2 aromatic carbocycles. The SMILES string of the molecule is COc1cc(-n2ccnc(OCCc3ccccc3)c2=O)ccc1OCCN1CCCC1. The van der Waals surface area contributed by atoms with Crippen molar-refractivity contribution in [2.24, 2.45) is 0 Å². The van der Waals surface area contributed by atoms with Crippen molar-refractivity contribution < 1.29 is 14.2 Å². The maximum atomic E-state index is 12.9. The number of hydrogen-bond acceptors (Lipinski definition) is 6. The summed E-state index contributed by atoms with van der Waals surface area (Å²) in [4.78, 5) is 19.4. The fourth-order valence-electron chi connectivity index (χ4n) is 3.82. The summed E-state index contributed by atoms with van der Waals surface area (Å²) in [6.07, 6.45) is 6.41. The van der Waals surface area contributed by atoms with Crippen LogP contribution in [-0.4, -0.2) is 54.4 Å². The van der Waals surface area contributed by atoms with Crippen LogP contribution in [0.2, 0.25) is 0 Å². The zero-order valence-electron chi connectivity index (χ0n) is 18.4. The molecule has 0 unspecified atom stereocenters. The summed E-state index contributed by atoms with van der Waals surface area (Å²) in [5.74, 6) is 1.32. The van der Waals surface area contributed by atoms with Gasteiger partial charge in [-0.15, -0.1) is 0 Å². The quantitative estimate of drug-likeness (QED) is 0.487. The molecule has 0 atom stereocenters. The lowest BCUT2D eigenvalue weighted by molar-refractivity contribution is 0.230. The summed E-state index contributed by atoms with van der Waals surface area (Å²) in [6.45, 7) is 4.16. The molecule has 168 valence electrons. The minimum atomic E-state index is -0.315. The van der Waals surface area contributed by atoms with Crippen molar-refractivity contribution in [1.82, 2.24) is 14.5 Å². The van der Waals surface area contributed by atoms with Gasteiger partial charge in [0.15, 0.2) is 11.5 Å². The van der Waals surface area contributed by atoms with E-state index in [9.17, 15) is 4.79 Å². The Kier molecular flexibility index (Phi) is 7.40. The van der Waals surface area contributed by atoms with Gasteiger partial charge in [0.25, 0.3) is 5.88 Å². The third kappa shape index (κ3) is 5.48. The van der Waals surface area contributed by atoms with Crippen molar-refractivity contribution >= 4 is 0 Å². The van der Waals surface area contributed by atoms with E-state index in [1.54, 1.807) is 25.6 Å². The Hall–Kier alpha value is -3.32. The average Bonchev–Trinajstić information content (AvgIpc) is 3.35. The first-order valence-corrected chi connectivity index (χ1v) is 11.0. The highest BCUT2D eigenvalue weighted by Gasteiger charge is 2.14. The molecule has 1 aromatic heterocycles. The summed E-state index contributed by atoms with van der Waals surface area (Å²) in [7, 11) is 1.60. The number of likely N-dealkylation sites (tertiary alicyclic amines) is 1. The van der Waals surface area contributed by atoms with E-state index < -0.39 is 0 Å². The molecule has 0 radical (unpaired) electrons. The number of hydrogen-bond donors (Lipinski definition) is 0. The third-order valence-corrected chi connectivity index (χ3v) is 5.57. The molecular weight excluding hydrogens is 406 g/mol. The van der Waals surface area contributed by atoms with Gasteiger partial charge in [0, 0.05) is 31.4 Å². The number of aromatic nitrogens is 2. The molecule has 3 aromatic rings. The van der Waals surface area contributed by atoms with Crippen molar-refractivity contribution in [2.45, 2.75) is 19.3 Å². The van der Waals surface area contributed by atoms with Crippen LogP contribution < -0.4 is 19.8 Å². The molecule has 0 bridgehead atoms. The second-order valence-electron chi connectivity index (χ2n) is 7.72. The van der Waals surface area contributed by atoms with E-state index in [4.69, 9.17) is 14.2 Å². The largest absolute Gasteiger partial charge is 0.493 e. The van der Waals surface area contributed by atoms with Gasteiger partial charge in [-0.1, -0.05) is 30.3 Å². The molecule has 1 saturated heterocycles. The van der Waals surface area contributed by atoms with Crippen LogP contribution in [0.1, 0.15) is 18.4 Å². The zero-order chi connectivity index (χ0) is 22.2. The summed E-state index contributed by atoms with van der Waals surface area (Å²) in [5, 5.41) is 0. The van der Waals surface area contributed by atoms with Gasteiger partial charge in [0.05, 0.1) is 19.4 Å². The van der Waals surface area contributed by atoms with Crippen LogP contribution in [0.5, 0.6) is 17.4 Å². The van der Waals surface area contributed by atoms with Crippen LogP contribution in [0.15, 0.2) is 65.7 Å². The second-order valence-corrected chi connectivity index (χ2v) is 7.72. The fraction of sp³-hybridized carbons (Fsp3) is 0.360. The average molecular weight is 436 g/mol. The van der Waals surface area contributed by atoms with Crippen LogP contribution >= 0.6 is 0 Å². The Morgan fingerprint density at radius 3 is 2.56 bits per heavy atom. The highest BCUT2D eigenvalue weighted by atomic mass is 16.5. The van der Waals surface area contributed by atoms with Crippen molar-refractivity contribution in [3.8, 4) is 23.1 Å². The molecule has 1 aliphatic rings. The van der Waals surface area contributed by atoms with E-state index in [1.807, 2.05) is 42.5 Å². The van der Waals surface area contributed by atoms with E-state index in [1.165, 1.54) is 17.4 Å². The maximum Gasteiger partial charge on any atom is 0.317 e. The van der Waals surface area contributed by atoms with Gasteiger partial charge in [0.2, 0.25) is 0 Å². The second kappa shape index (κ2) is 10.8. The summed E-state index contributed by atoms with van der Waals surface area (Å²) in [6, 6.07) is 15.5. The normalized spacial score (nSPS) is 13.8. The smallest absolute Gasteiger partial charge is 0.317 e. The molecule has 0 spiro atoms. The standard InChI is InChI=1S/C25H29N3O4/c1-30-23-19-21(9-10-22(23)31-18-16-27-13-5-6-14-27)28-15-12-26-24(25(28)29)32-17-11-20-7-3-2-4-8-20/h2-4,7-10,12,15,19H,5-6,11,13-14,16-18H2,1H3. The Balaban J connectivity index is 1.43.